The third-order valence-electron chi connectivity index (χ3n) is 2.12. The van der Waals surface area contributed by atoms with Crippen LogP contribution in [0.2, 0.25) is 0 Å². The van der Waals surface area contributed by atoms with Crippen molar-refractivity contribution in [2.24, 2.45) is 0 Å². The van der Waals surface area contributed by atoms with Crippen molar-refractivity contribution in [3.05, 3.63) is 23.8 Å². The van der Waals surface area contributed by atoms with Gasteiger partial charge in [0.15, 0.2) is 0 Å². The molecule has 0 spiro atoms. The molecule has 0 bridgehead atoms. The Morgan fingerprint density at radius 2 is 2.50 bits per heavy atom. The quantitative estimate of drug-likeness (QED) is 0.433. The van der Waals surface area contributed by atoms with Crippen LogP contribution in [-0.2, 0) is 9.53 Å². The van der Waals surface area contributed by atoms with Gasteiger partial charge in [0.1, 0.15) is 0 Å². The van der Waals surface area contributed by atoms with E-state index in [0.29, 0.717) is 6.42 Å². The smallest absolute Gasteiger partial charge is 0.307 e. The summed E-state index contributed by atoms with van der Waals surface area (Å²) in [7, 11) is 1.43. The molecule has 0 amide bonds. The summed E-state index contributed by atoms with van der Waals surface area (Å²) in [4.78, 5) is 11.1. The largest absolute Gasteiger partial charge is 0.469 e. The highest BCUT2D eigenvalue weighted by atomic mass is 127. The fraction of sp³-hybridized carbons (Fsp3) is 0.500. The van der Waals surface area contributed by atoms with Crippen LogP contribution in [0.1, 0.15) is 12.8 Å². The fourth-order valence-electron chi connectivity index (χ4n) is 1.24. The summed E-state index contributed by atoms with van der Waals surface area (Å²) in [6.45, 7) is 0. The minimum atomic E-state index is -0.153. The van der Waals surface area contributed by atoms with E-state index in [1.54, 1.807) is 0 Å². The number of rotatable bonds is 3. The van der Waals surface area contributed by atoms with Crippen molar-refractivity contribution in [1.29, 1.82) is 0 Å². The number of allylic oxidation sites excluding steroid dienone is 4. The topological polar surface area (TPSA) is 26.3 Å². The maximum absolute atomic E-state index is 11.1. The van der Waals surface area contributed by atoms with Crippen LogP contribution in [0.15, 0.2) is 23.8 Å². The van der Waals surface area contributed by atoms with Crippen molar-refractivity contribution in [2.45, 2.75) is 16.3 Å². The summed E-state index contributed by atoms with van der Waals surface area (Å²) in [5.41, 5.74) is 1.27. The van der Waals surface area contributed by atoms with Gasteiger partial charge >= 0.3 is 5.97 Å². The van der Waals surface area contributed by atoms with Crippen LogP contribution in [0.4, 0.5) is 0 Å². The average Bonchev–Trinajstić information content (AvgIpc) is 2.18. The SMILES string of the molecule is COC(=O)C[C@@]1(I)C=CC(CBr)=CC1. The Balaban J connectivity index is 2.59. The van der Waals surface area contributed by atoms with Crippen LogP contribution in [0.3, 0.4) is 0 Å². The van der Waals surface area contributed by atoms with E-state index >= 15 is 0 Å². The molecule has 0 radical (unpaired) electrons. The van der Waals surface area contributed by atoms with Crippen molar-refractivity contribution < 1.29 is 9.53 Å². The molecule has 1 atom stereocenters. The van der Waals surface area contributed by atoms with Crippen LogP contribution in [0.5, 0.6) is 0 Å². The molecule has 1 aliphatic carbocycles. The summed E-state index contributed by atoms with van der Waals surface area (Å²) in [5.74, 6) is -0.153. The van der Waals surface area contributed by atoms with Gasteiger partial charge in [-0.3, -0.25) is 4.79 Å². The maximum atomic E-state index is 11.1. The van der Waals surface area contributed by atoms with Gasteiger partial charge in [0, 0.05) is 5.33 Å². The van der Waals surface area contributed by atoms with Gasteiger partial charge < -0.3 is 4.74 Å². The van der Waals surface area contributed by atoms with E-state index in [1.807, 2.05) is 0 Å². The molecule has 1 aliphatic rings. The molecule has 0 heterocycles. The van der Waals surface area contributed by atoms with Crippen LogP contribution in [0, 0.1) is 0 Å². The minimum absolute atomic E-state index is 0.101. The predicted molar refractivity (Wildman–Crippen MR) is 69.0 cm³/mol. The molecule has 0 aromatic carbocycles. The number of hydrogen-bond donors (Lipinski definition) is 0. The molecule has 0 aliphatic heterocycles. The predicted octanol–water partition coefficient (Wildman–Crippen LogP) is 3.00. The van der Waals surface area contributed by atoms with Crippen LogP contribution in [-0.4, -0.2) is 21.8 Å². The first-order valence-corrected chi connectivity index (χ1v) is 6.49. The molecule has 0 aromatic rings. The zero-order valence-corrected chi connectivity index (χ0v) is 11.7. The number of methoxy groups -OCH3 is 1. The van der Waals surface area contributed by atoms with Crippen LogP contribution in [0.25, 0.3) is 0 Å². The first kappa shape index (κ1) is 12.2. The van der Waals surface area contributed by atoms with Crippen LogP contribution < -0.4 is 0 Å². The third kappa shape index (κ3) is 3.38. The summed E-state index contributed by atoms with van der Waals surface area (Å²) in [6, 6.07) is 0. The number of halogens is 2. The molecule has 0 aromatic heterocycles. The third-order valence-corrected chi connectivity index (χ3v) is 3.95. The van der Waals surface area contributed by atoms with E-state index in [0.717, 1.165) is 11.8 Å². The molecule has 1 rings (SSSR count). The molecule has 14 heavy (non-hydrogen) atoms. The second kappa shape index (κ2) is 5.30. The van der Waals surface area contributed by atoms with Gasteiger partial charge in [0.2, 0.25) is 0 Å². The second-order valence-corrected chi connectivity index (χ2v) is 5.95. The molecular weight excluding hydrogens is 359 g/mol. The number of alkyl halides is 2. The first-order chi connectivity index (χ1) is 6.59. The second-order valence-electron chi connectivity index (χ2n) is 3.24. The van der Waals surface area contributed by atoms with Gasteiger partial charge in [-0.2, -0.15) is 0 Å². The Bertz CT molecular complexity index is 286. The summed E-state index contributed by atoms with van der Waals surface area (Å²) >= 11 is 5.71. The molecule has 2 nitrogen and oxygen atoms in total. The van der Waals surface area contributed by atoms with Crippen molar-refractivity contribution in [3.63, 3.8) is 0 Å². The lowest BCUT2D eigenvalue weighted by atomic mass is 9.94. The van der Waals surface area contributed by atoms with Crippen molar-refractivity contribution in [2.75, 3.05) is 12.4 Å². The Morgan fingerprint density at radius 3 is 2.93 bits per heavy atom. The number of carbonyl (C=O) groups excluding carboxylic acids is 1. The Labute approximate surface area is 106 Å². The van der Waals surface area contributed by atoms with E-state index in [1.165, 1.54) is 12.7 Å². The molecule has 0 fully saturated rings. The molecule has 0 saturated carbocycles. The number of esters is 1. The van der Waals surface area contributed by atoms with Gasteiger partial charge in [0.25, 0.3) is 0 Å². The maximum Gasteiger partial charge on any atom is 0.307 e. The molecule has 78 valence electrons. The van der Waals surface area contributed by atoms with Gasteiger partial charge in [-0.1, -0.05) is 56.7 Å². The summed E-state index contributed by atoms with van der Waals surface area (Å²) in [5, 5.41) is 0.869. The van der Waals surface area contributed by atoms with E-state index in [2.05, 4.69) is 61.5 Å². The Hall–Kier alpha value is 0.160. The Morgan fingerprint density at radius 1 is 1.79 bits per heavy atom. The standard InChI is InChI=1S/C10H12BrIO2/c1-14-9(13)6-10(12)4-2-8(7-11)3-5-10/h2-4H,5-7H2,1H3/t10-/m1/s1. The van der Waals surface area contributed by atoms with Gasteiger partial charge in [0.05, 0.1) is 17.0 Å². The molecular formula is C10H12BrIO2. The van der Waals surface area contributed by atoms with E-state index in [9.17, 15) is 4.79 Å². The van der Waals surface area contributed by atoms with Crippen molar-refractivity contribution in [3.8, 4) is 0 Å². The number of ether oxygens (including phenoxy) is 1. The molecule has 4 heteroatoms. The highest BCUT2D eigenvalue weighted by Crippen LogP contribution is 2.34. The Kier molecular flexibility index (Phi) is 4.63. The van der Waals surface area contributed by atoms with E-state index in [4.69, 9.17) is 0 Å². The highest BCUT2D eigenvalue weighted by Gasteiger charge is 2.28. The lowest BCUT2D eigenvalue weighted by molar-refractivity contribution is -0.140. The van der Waals surface area contributed by atoms with E-state index < -0.39 is 0 Å². The van der Waals surface area contributed by atoms with E-state index in [-0.39, 0.29) is 9.39 Å². The zero-order chi connectivity index (χ0) is 10.6. The summed E-state index contributed by atoms with van der Waals surface area (Å²) < 4.78 is 4.56. The highest BCUT2D eigenvalue weighted by molar-refractivity contribution is 14.1. The average molecular weight is 371 g/mol. The number of hydrogen-bond acceptors (Lipinski definition) is 2. The normalized spacial score (nSPS) is 25.8. The monoisotopic (exact) mass is 370 g/mol. The van der Waals surface area contributed by atoms with Crippen LogP contribution >= 0.6 is 38.5 Å². The minimum Gasteiger partial charge on any atom is -0.469 e. The van der Waals surface area contributed by atoms with Gasteiger partial charge in [-0.25, -0.2) is 0 Å². The first-order valence-electron chi connectivity index (χ1n) is 4.29. The molecule has 0 saturated heterocycles. The van der Waals surface area contributed by atoms with Gasteiger partial charge in [-0.15, -0.1) is 0 Å². The lowest BCUT2D eigenvalue weighted by Gasteiger charge is -2.24. The van der Waals surface area contributed by atoms with Gasteiger partial charge in [-0.05, 0) is 12.0 Å². The molecule has 0 N–H and O–H groups in total. The van der Waals surface area contributed by atoms with Crippen molar-refractivity contribution >= 4 is 44.5 Å². The van der Waals surface area contributed by atoms with Crippen molar-refractivity contribution in [1.82, 2.24) is 0 Å². The summed E-state index contributed by atoms with van der Waals surface area (Å²) in [6.07, 6.45) is 7.63. The lowest BCUT2D eigenvalue weighted by Crippen LogP contribution is -2.24. The fourth-order valence-corrected chi connectivity index (χ4v) is 2.36. The number of carbonyl (C=O) groups is 1. The molecule has 0 unspecified atom stereocenters. The zero-order valence-electron chi connectivity index (χ0n) is 7.93.